The first-order valence-electron chi connectivity index (χ1n) is 8.02. The van der Waals surface area contributed by atoms with E-state index < -0.39 is 5.41 Å². The van der Waals surface area contributed by atoms with E-state index in [9.17, 15) is 9.59 Å². The van der Waals surface area contributed by atoms with Gasteiger partial charge in [-0.15, -0.1) is 0 Å². The maximum absolute atomic E-state index is 12.6. The van der Waals surface area contributed by atoms with E-state index >= 15 is 0 Å². The third kappa shape index (κ3) is 4.25. The molecule has 0 amide bonds. The Morgan fingerprint density at radius 2 is 1.42 bits per heavy atom. The summed E-state index contributed by atoms with van der Waals surface area (Å²) >= 11 is 3.59. The fraction of sp³-hybridized carbons (Fsp3) is 0.300. The van der Waals surface area contributed by atoms with Crippen LogP contribution in [0.25, 0.3) is 0 Å². The van der Waals surface area contributed by atoms with E-state index in [0.29, 0.717) is 6.42 Å². The second-order valence-corrected chi connectivity index (χ2v) is 7.88. The van der Waals surface area contributed by atoms with E-state index in [1.165, 1.54) is 5.56 Å². The standard InChI is InChI=1S/C20H20I2O2/c1-2-9-16(15-10-5-3-6-11-15)14-20(18(21)23,19(22)24)17-12-7-4-8-13-17/h3-8,10-13,16H,2,9,14H2,1H3. The zero-order chi connectivity index (χ0) is 17.6. The van der Waals surface area contributed by atoms with E-state index in [2.05, 4.69) is 19.1 Å². The Bertz CT molecular complexity index is 669. The summed E-state index contributed by atoms with van der Waals surface area (Å²) in [7, 11) is 0. The van der Waals surface area contributed by atoms with E-state index in [1.807, 2.05) is 48.5 Å². The predicted molar refractivity (Wildman–Crippen MR) is 115 cm³/mol. The monoisotopic (exact) mass is 546 g/mol. The highest BCUT2D eigenvalue weighted by atomic mass is 127. The highest BCUT2D eigenvalue weighted by Crippen LogP contribution is 2.42. The third-order valence-electron chi connectivity index (χ3n) is 4.40. The van der Waals surface area contributed by atoms with Crippen LogP contribution in [0.15, 0.2) is 60.7 Å². The van der Waals surface area contributed by atoms with Crippen LogP contribution in [0.3, 0.4) is 0 Å². The second-order valence-electron chi connectivity index (χ2n) is 5.92. The summed E-state index contributed by atoms with van der Waals surface area (Å²) < 4.78 is -0.217. The summed E-state index contributed by atoms with van der Waals surface area (Å²) in [5.74, 6) is 0.175. The molecule has 0 bridgehead atoms. The SMILES string of the molecule is CCCC(CC(C(=O)I)(C(=O)I)c1ccccc1)c1ccccc1. The summed E-state index contributed by atoms with van der Waals surface area (Å²) in [6.07, 6.45) is 2.47. The summed E-state index contributed by atoms with van der Waals surface area (Å²) in [6, 6.07) is 19.7. The van der Waals surface area contributed by atoms with Gasteiger partial charge >= 0.3 is 0 Å². The van der Waals surface area contributed by atoms with Gasteiger partial charge in [0.2, 0.25) is 7.58 Å². The molecule has 0 aromatic heterocycles. The molecular weight excluding hydrogens is 526 g/mol. The van der Waals surface area contributed by atoms with Crippen molar-refractivity contribution in [3.63, 3.8) is 0 Å². The highest BCUT2D eigenvalue weighted by molar-refractivity contribution is 14.1. The average Bonchev–Trinajstić information content (AvgIpc) is 2.59. The van der Waals surface area contributed by atoms with Crippen LogP contribution in [-0.2, 0) is 15.0 Å². The minimum atomic E-state index is -1.09. The van der Waals surface area contributed by atoms with Gasteiger partial charge in [0.25, 0.3) is 0 Å². The topological polar surface area (TPSA) is 34.1 Å². The van der Waals surface area contributed by atoms with Gasteiger partial charge in [0.05, 0.1) is 0 Å². The molecule has 1 unspecified atom stereocenters. The number of halogens is 2. The maximum atomic E-state index is 12.6. The first-order valence-corrected chi connectivity index (χ1v) is 10.2. The summed E-state index contributed by atoms with van der Waals surface area (Å²) in [4.78, 5) is 25.3. The number of carbonyl (C=O) groups excluding carboxylic acids is 2. The molecule has 2 rings (SSSR count). The van der Waals surface area contributed by atoms with Crippen LogP contribution in [0.5, 0.6) is 0 Å². The van der Waals surface area contributed by atoms with Crippen LogP contribution in [0.4, 0.5) is 0 Å². The molecule has 0 heterocycles. The minimum Gasteiger partial charge on any atom is -0.286 e. The van der Waals surface area contributed by atoms with Gasteiger partial charge in [0, 0.05) is 45.2 Å². The van der Waals surface area contributed by atoms with Gasteiger partial charge in [-0.05, 0) is 29.9 Å². The fourth-order valence-electron chi connectivity index (χ4n) is 3.14. The Balaban J connectivity index is 2.51. The van der Waals surface area contributed by atoms with Crippen molar-refractivity contribution in [1.82, 2.24) is 0 Å². The van der Waals surface area contributed by atoms with E-state index in [4.69, 9.17) is 0 Å². The largest absolute Gasteiger partial charge is 0.286 e. The minimum absolute atomic E-state index is 0.109. The molecule has 126 valence electrons. The molecule has 0 N–H and O–H groups in total. The molecule has 0 aliphatic carbocycles. The van der Waals surface area contributed by atoms with Gasteiger partial charge in [-0.1, -0.05) is 74.0 Å². The van der Waals surface area contributed by atoms with Crippen LogP contribution >= 0.6 is 45.2 Å². The molecule has 2 aromatic rings. The molecule has 2 aromatic carbocycles. The molecule has 0 aliphatic heterocycles. The van der Waals surface area contributed by atoms with E-state index in [1.54, 1.807) is 45.2 Å². The Morgan fingerprint density at radius 3 is 1.88 bits per heavy atom. The predicted octanol–water partition coefficient (Wildman–Crippen LogP) is 5.82. The number of rotatable bonds is 8. The summed E-state index contributed by atoms with van der Waals surface area (Å²) in [6.45, 7) is 2.14. The van der Waals surface area contributed by atoms with Crippen LogP contribution in [0, 0.1) is 0 Å². The zero-order valence-corrected chi connectivity index (χ0v) is 17.9. The number of benzene rings is 2. The molecule has 0 saturated carbocycles. The first kappa shape index (κ1) is 19.6. The Hall–Kier alpha value is -0.760. The molecule has 0 spiro atoms. The first-order chi connectivity index (χ1) is 11.5. The molecule has 24 heavy (non-hydrogen) atoms. The molecule has 1 atom stereocenters. The van der Waals surface area contributed by atoms with Crippen molar-refractivity contribution in [3.05, 3.63) is 71.8 Å². The van der Waals surface area contributed by atoms with Crippen LogP contribution < -0.4 is 0 Å². The Kier molecular flexibility index (Phi) is 7.40. The van der Waals surface area contributed by atoms with E-state index in [0.717, 1.165) is 18.4 Å². The molecular formula is C20H20I2O2. The van der Waals surface area contributed by atoms with Crippen molar-refractivity contribution in [2.45, 2.75) is 37.5 Å². The normalized spacial score (nSPS) is 12.6. The summed E-state index contributed by atoms with van der Waals surface area (Å²) in [5.41, 5.74) is 0.897. The van der Waals surface area contributed by atoms with Gasteiger partial charge in [0.1, 0.15) is 5.41 Å². The van der Waals surface area contributed by atoms with Gasteiger partial charge in [-0.25, -0.2) is 0 Å². The zero-order valence-electron chi connectivity index (χ0n) is 13.5. The van der Waals surface area contributed by atoms with E-state index in [-0.39, 0.29) is 13.5 Å². The molecule has 4 heteroatoms. The van der Waals surface area contributed by atoms with Crippen molar-refractivity contribution in [2.24, 2.45) is 0 Å². The quantitative estimate of drug-likeness (QED) is 0.238. The number of hydrogen-bond acceptors (Lipinski definition) is 2. The third-order valence-corrected chi connectivity index (χ3v) is 6.24. The molecule has 0 saturated heterocycles. The number of carbonyl (C=O) groups is 2. The molecule has 0 fully saturated rings. The molecule has 0 radical (unpaired) electrons. The highest BCUT2D eigenvalue weighted by Gasteiger charge is 2.46. The van der Waals surface area contributed by atoms with Crippen molar-refractivity contribution in [1.29, 1.82) is 0 Å². The lowest BCUT2D eigenvalue weighted by atomic mass is 9.73. The molecule has 2 nitrogen and oxygen atoms in total. The van der Waals surface area contributed by atoms with Crippen molar-refractivity contribution in [2.75, 3.05) is 0 Å². The Labute approximate surface area is 170 Å². The summed E-state index contributed by atoms with van der Waals surface area (Å²) in [5, 5.41) is 0. The van der Waals surface area contributed by atoms with Gasteiger partial charge in [-0.3, -0.25) is 9.59 Å². The van der Waals surface area contributed by atoms with Crippen molar-refractivity contribution in [3.8, 4) is 0 Å². The van der Waals surface area contributed by atoms with Gasteiger partial charge in [0.15, 0.2) is 0 Å². The average molecular weight is 546 g/mol. The lowest BCUT2D eigenvalue weighted by Crippen LogP contribution is -2.40. The van der Waals surface area contributed by atoms with Gasteiger partial charge < -0.3 is 0 Å². The van der Waals surface area contributed by atoms with Crippen LogP contribution in [-0.4, -0.2) is 7.58 Å². The van der Waals surface area contributed by atoms with Gasteiger partial charge in [-0.2, -0.15) is 0 Å². The van der Waals surface area contributed by atoms with Crippen LogP contribution in [0.2, 0.25) is 0 Å². The van der Waals surface area contributed by atoms with Crippen molar-refractivity contribution >= 4 is 52.8 Å². The number of hydrogen-bond donors (Lipinski definition) is 0. The molecule has 0 aliphatic rings. The second kappa shape index (κ2) is 9.08. The van der Waals surface area contributed by atoms with Crippen molar-refractivity contribution < 1.29 is 9.59 Å². The maximum Gasteiger partial charge on any atom is 0.211 e. The van der Waals surface area contributed by atoms with Crippen LogP contribution in [0.1, 0.15) is 43.2 Å². The Morgan fingerprint density at radius 1 is 0.917 bits per heavy atom. The fourth-order valence-corrected chi connectivity index (χ4v) is 5.20. The lowest BCUT2D eigenvalue weighted by Gasteiger charge is -2.31. The lowest BCUT2D eigenvalue weighted by molar-refractivity contribution is -0.124. The smallest absolute Gasteiger partial charge is 0.211 e.